The summed E-state index contributed by atoms with van der Waals surface area (Å²) in [5.74, 6) is 0.0902. The number of amides is 1. The average molecular weight is 214 g/mol. The van der Waals surface area contributed by atoms with Crippen molar-refractivity contribution in [3.05, 3.63) is 0 Å². The molecule has 0 aromatic carbocycles. The molecular formula is C11H22N2O2. The van der Waals surface area contributed by atoms with Gasteiger partial charge in [0.15, 0.2) is 0 Å². The summed E-state index contributed by atoms with van der Waals surface area (Å²) < 4.78 is 5.53. The van der Waals surface area contributed by atoms with Gasteiger partial charge >= 0.3 is 0 Å². The van der Waals surface area contributed by atoms with E-state index in [9.17, 15) is 4.79 Å². The third-order valence-electron chi connectivity index (χ3n) is 2.91. The van der Waals surface area contributed by atoms with E-state index in [1.165, 1.54) is 0 Å². The van der Waals surface area contributed by atoms with Gasteiger partial charge in [-0.25, -0.2) is 0 Å². The highest BCUT2D eigenvalue weighted by Gasteiger charge is 2.25. The van der Waals surface area contributed by atoms with Crippen LogP contribution in [0.25, 0.3) is 0 Å². The molecule has 0 radical (unpaired) electrons. The Morgan fingerprint density at radius 3 is 2.53 bits per heavy atom. The number of piperidine rings is 1. The Bertz CT molecular complexity index is 201. The van der Waals surface area contributed by atoms with Crippen LogP contribution in [0.5, 0.6) is 0 Å². The molecule has 0 bridgehead atoms. The Kier molecular flexibility index (Phi) is 5.05. The van der Waals surface area contributed by atoms with Crippen LogP contribution < -0.4 is 5.73 Å². The molecule has 1 atom stereocenters. The second kappa shape index (κ2) is 6.08. The zero-order chi connectivity index (χ0) is 11.3. The fraction of sp³-hybridized carbons (Fsp3) is 0.909. The van der Waals surface area contributed by atoms with Crippen LogP contribution in [-0.4, -0.2) is 42.6 Å². The van der Waals surface area contributed by atoms with Crippen molar-refractivity contribution in [2.75, 3.05) is 19.7 Å². The predicted molar refractivity (Wildman–Crippen MR) is 59.5 cm³/mol. The van der Waals surface area contributed by atoms with Gasteiger partial charge in [-0.3, -0.25) is 4.79 Å². The molecule has 1 fully saturated rings. The number of nitrogens with zero attached hydrogens (tertiary/aromatic N) is 1. The average Bonchev–Trinajstić information content (AvgIpc) is 2.28. The third kappa shape index (κ3) is 3.47. The molecule has 1 unspecified atom stereocenters. The molecule has 1 aliphatic rings. The van der Waals surface area contributed by atoms with E-state index in [1.807, 2.05) is 18.7 Å². The normalized spacial score (nSPS) is 20.3. The maximum absolute atomic E-state index is 11.8. The van der Waals surface area contributed by atoms with Crippen molar-refractivity contribution < 1.29 is 9.53 Å². The van der Waals surface area contributed by atoms with Gasteiger partial charge in [0.2, 0.25) is 5.91 Å². The first kappa shape index (κ1) is 12.5. The van der Waals surface area contributed by atoms with E-state index in [2.05, 4.69) is 0 Å². The Morgan fingerprint density at radius 1 is 1.47 bits per heavy atom. The molecule has 0 spiro atoms. The monoisotopic (exact) mass is 214 g/mol. The minimum absolute atomic E-state index is 0.0902. The van der Waals surface area contributed by atoms with Crippen molar-refractivity contribution in [1.29, 1.82) is 0 Å². The van der Waals surface area contributed by atoms with Gasteiger partial charge in [0, 0.05) is 19.7 Å². The Morgan fingerprint density at radius 2 is 2.07 bits per heavy atom. The van der Waals surface area contributed by atoms with Crippen LogP contribution >= 0.6 is 0 Å². The predicted octanol–water partition coefficient (Wildman–Crippen LogP) is 0.751. The highest BCUT2D eigenvalue weighted by Crippen LogP contribution is 2.14. The molecule has 0 saturated carbocycles. The molecule has 4 heteroatoms. The summed E-state index contributed by atoms with van der Waals surface area (Å²) in [4.78, 5) is 13.6. The molecule has 15 heavy (non-hydrogen) atoms. The van der Waals surface area contributed by atoms with E-state index in [0.29, 0.717) is 12.5 Å². The summed E-state index contributed by atoms with van der Waals surface area (Å²) in [6.07, 6.45) is 2.92. The van der Waals surface area contributed by atoms with Crippen LogP contribution in [0.2, 0.25) is 0 Å². The lowest BCUT2D eigenvalue weighted by Gasteiger charge is -2.33. The number of hydrogen-bond acceptors (Lipinski definition) is 3. The van der Waals surface area contributed by atoms with Gasteiger partial charge < -0.3 is 15.4 Å². The van der Waals surface area contributed by atoms with Crippen LogP contribution in [0.3, 0.4) is 0 Å². The van der Waals surface area contributed by atoms with Crippen LogP contribution in [0.15, 0.2) is 0 Å². The molecule has 1 aliphatic heterocycles. The highest BCUT2D eigenvalue weighted by atomic mass is 16.5. The lowest BCUT2D eigenvalue weighted by molar-refractivity contribution is -0.135. The van der Waals surface area contributed by atoms with Gasteiger partial charge in [0.05, 0.1) is 12.1 Å². The van der Waals surface area contributed by atoms with Crippen LogP contribution in [-0.2, 0) is 9.53 Å². The molecule has 0 aliphatic carbocycles. The molecule has 4 nitrogen and oxygen atoms in total. The Hall–Kier alpha value is -0.610. The van der Waals surface area contributed by atoms with E-state index >= 15 is 0 Å². The standard InChI is InChI=1S/C11H22N2O2/c1-3-10(12)11(14)13-7-5-9(6-8-13)15-4-2/h9-10H,3-8,12H2,1-2H3. The third-order valence-corrected chi connectivity index (χ3v) is 2.91. The SMILES string of the molecule is CCOC1CCN(C(=O)C(N)CC)CC1. The summed E-state index contributed by atoms with van der Waals surface area (Å²) in [5, 5.41) is 0. The minimum atomic E-state index is -0.325. The molecule has 2 N–H and O–H groups in total. The second-order valence-electron chi connectivity index (χ2n) is 3.99. The largest absolute Gasteiger partial charge is 0.378 e. The molecule has 1 saturated heterocycles. The van der Waals surface area contributed by atoms with Crippen molar-refractivity contribution >= 4 is 5.91 Å². The summed E-state index contributed by atoms with van der Waals surface area (Å²) in [6.45, 7) is 6.28. The first-order valence-electron chi connectivity index (χ1n) is 5.85. The van der Waals surface area contributed by atoms with Crippen molar-refractivity contribution in [2.24, 2.45) is 5.73 Å². The first-order valence-corrected chi connectivity index (χ1v) is 5.85. The summed E-state index contributed by atoms with van der Waals surface area (Å²) in [6, 6.07) is -0.325. The van der Waals surface area contributed by atoms with Crippen LogP contribution in [0, 0.1) is 0 Å². The van der Waals surface area contributed by atoms with E-state index in [1.54, 1.807) is 0 Å². The van der Waals surface area contributed by atoms with Crippen molar-refractivity contribution in [3.8, 4) is 0 Å². The quantitative estimate of drug-likeness (QED) is 0.751. The molecule has 88 valence electrons. The number of rotatable bonds is 4. The molecule has 1 amide bonds. The van der Waals surface area contributed by atoms with Gasteiger partial charge in [-0.1, -0.05) is 6.92 Å². The lowest BCUT2D eigenvalue weighted by atomic mass is 10.1. The molecule has 0 aromatic heterocycles. The van der Waals surface area contributed by atoms with Crippen molar-refractivity contribution in [3.63, 3.8) is 0 Å². The van der Waals surface area contributed by atoms with Gasteiger partial charge in [-0.15, -0.1) is 0 Å². The van der Waals surface area contributed by atoms with Gasteiger partial charge in [0.1, 0.15) is 0 Å². The van der Waals surface area contributed by atoms with Crippen molar-refractivity contribution in [2.45, 2.75) is 45.3 Å². The summed E-state index contributed by atoms with van der Waals surface area (Å²) in [7, 11) is 0. The second-order valence-corrected chi connectivity index (χ2v) is 3.99. The highest BCUT2D eigenvalue weighted by molar-refractivity contribution is 5.81. The Balaban J connectivity index is 2.33. The van der Waals surface area contributed by atoms with Crippen molar-refractivity contribution in [1.82, 2.24) is 4.90 Å². The molecule has 1 rings (SSSR count). The van der Waals surface area contributed by atoms with E-state index < -0.39 is 0 Å². The van der Waals surface area contributed by atoms with E-state index in [0.717, 1.165) is 32.5 Å². The molecular weight excluding hydrogens is 192 g/mol. The first-order chi connectivity index (χ1) is 7.19. The molecule has 1 heterocycles. The minimum Gasteiger partial charge on any atom is -0.378 e. The van der Waals surface area contributed by atoms with E-state index in [4.69, 9.17) is 10.5 Å². The smallest absolute Gasteiger partial charge is 0.239 e. The lowest BCUT2D eigenvalue weighted by Crippen LogP contribution is -2.48. The number of carbonyl (C=O) groups is 1. The zero-order valence-corrected chi connectivity index (χ0v) is 9.74. The fourth-order valence-corrected chi connectivity index (χ4v) is 1.89. The number of nitrogens with two attached hydrogens (primary N) is 1. The number of carbonyl (C=O) groups excluding carboxylic acids is 1. The summed E-state index contributed by atoms with van der Waals surface area (Å²) in [5.41, 5.74) is 5.72. The maximum Gasteiger partial charge on any atom is 0.239 e. The maximum atomic E-state index is 11.8. The van der Waals surface area contributed by atoms with E-state index in [-0.39, 0.29) is 11.9 Å². The van der Waals surface area contributed by atoms with Crippen LogP contribution in [0.1, 0.15) is 33.1 Å². The number of ether oxygens (including phenoxy) is 1. The number of hydrogen-bond donors (Lipinski definition) is 1. The van der Waals surface area contributed by atoms with Gasteiger partial charge in [-0.05, 0) is 26.2 Å². The number of likely N-dealkylation sites (tertiary alicyclic amines) is 1. The fourth-order valence-electron chi connectivity index (χ4n) is 1.89. The zero-order valence-electron chi connectivity index (χ0n) is 9.74. The van der Waals surface area contributed by atoms with Gasteiger partial charge in [0.25, 0.3) is 0 Å². The van der Waals surface area contributed by atoms with Gasteiger partial charge in [-0.2, -0.15) is 0 Å². The Labute approximate surface area is 91.8 Å². The molecule has 0 aromatic rings. The summed E-state index contributed by atoms with van der Waals surface area (Å²) >= 11 is 0. The van der Waals surface area contributed by atoms with Crippen LogP contribution in [0.4, 0.5) is 0 Å². The topological polar surface area (TPSA) is 55.6 Å².